The van der Waals surface area contributed by atoms with Gasteiger partial charge in [0.05, 0.1) is 6.04 Å². The molecule has 2 fully saturated rings. The third-order valence-corrected chi connectivity index (χ3v) is 5.32. The fourth-order valence-electron chi connectivity index (χ4n) is 4.39. The zero-order valence-electron chi connectivity index (χ0n) is 12.7. The highest BCUT2D eigenvalue weighted by Gasteiger charge is 2.47. The van der Waals surface area contributed by atoms with Gasteiger partial charge in [0.2, 0.25) is 0 Å². The minimum atomic E-state index is -0.748. The number of hydrogen-bond donors (Lipinski definition) is 1. The predicted octanol–water partition coefficient (Wildman–Crippen LogP) is 3.63. The molecule has 1 aliphatic heterocycles. The zero-order chi connectivity index (χ0) is 14.9. The summed E-state index contributed by atoms with van der Waals surface area (Å²) in [7, 11) is 1.87. The van der Waals surface area contributed by atoms with Gasteiger partial charge in [0.1, 0.15) is 0 Å². The van der Waals surface area contributed by atoms with Crippen LogP contribution in [0.1, 0.15) is 50.1 Å². The molecule has 0 amide bonds. The first-order chi connectivity index (χ1) is 10.2. The van der Waals surface area contributed by atoms with Crippen molar-refractivity contribution in [2.75, 3.05) is 20.1 Å². The van der Waals surface area contributed by atoms with Crippen LogP contribution in [0.4, 0.5) is 8.78 Å². The van der Waals surface area contributed by atoms with Crippen molar-refractivity contribution in [3.8, 4) is 0 Å². The molecule has 1 heterocycles. The SMILES string of the molecule is CNC(c1cccc(F)c1F)C1(N2CCCC2)CCCC1. The number of likely N-dealkylation sites (tertiary alicyclic amines) is 1. The van der Waals surface area contributed by atoms with Crippen molar-refractivity contribution in [1.29, 1.82) is 0 Å². The predicted molar refractivity (Wildman–Crippen MR) is 80.2 cm³/mol. The Hall–Kier alpha value is -1.00. The van der Waals surface area contributed by atoms with E-state index in [1.165, 1.54) is 31.7 Å². The Morgan fingerprint density at radius 3 is 2.38 bits per heavy atom. The molecule has 1 aromatic carbocycles. The Bertz CT molecular complexity index is 492. The fraction of sp³-hybridized carbons (Fsp3) is 0.647. The minimum Gasteiger partial charge on any atom is -0.311 e. The van der Waals surface area contributed by atoms with Gasteiger partial charge in [-0.15, -0.1) is 0 Å². The van der Waals surface area contributed by atoms with Gasteiger partial charge < -0.3 is 5.32 Å². The normalized spacial score (nSPS) is 23.6. The molecule has 1 N–H and O–H groups in total. The Morgan fingerprint density at radius 2 is 1.76 bits per heavy atom. The van der Waals surface area contributed by atoms with Crippen LogP contribution in [0.2, 0.25) is 0 Å². The number of likely N-dealkylation sites (N-methyl/N-ethyl adjacent to an activating group) is 1. The number of hydrogen-bond acceptors (Lipinski definition) is 2. The van der Waals surface area contributed by atoms with Crippen molar-refractivity contribution in [2.24, 2.45) is 0 Å². The maximum Gasteiger partial charge on any atom is 0.163 e. The number of nitrogens with one attached hydrogen (secondary N) is 1. The van der Waals surface area contributed by atoms with Crippen LogP contribution in [-0.2, 0) is 0 Å². The van der Waals surface area contributed by atoms with E-state index in [2.05, 4.69) is 10.2 Å². The fourth-order valence-corrected chi connectivity index (χ4v) is 4.39. The van der Waals surface area contributed by atoms with Crippen molar-refractivity contribution in [3.05, 3.63) is 35.4 Å². The molecule has 4 heteroatoms. The van der Waals surface area contributed by atoms with Crippen molar-refractivity contribution >= 4 is 0 Å². The van der Waals surface area contributed by atoms with Crippen molar-refractivity contribution in [2.45, 2.75) is 50.1 Å². The van der Waals surface area contributed by atoms with Crippen LogP contribution in [0.3, 0.4) is 0 Å². The lowest BCUT2D eigenvalue weighted by Crippen LogP contribution is -2.53. The third-order valence-electron chi connectivity index (χ3n) is 5.32. The lowest BCUT2D eigenvalue weighted by Gasteiger charge is -2.45. The van der Waals surface area contributed by atoms with Crippen LogP contribution in [0.5, 0.6) is 0 Å². The number of nitrogens with zero attached hydrogens (tertiary/aromatic N) is 1. The van der Waals surface area contributed by atoms with Crippen LogP contribution in [0, 0.1) is 11.6 Å². The Labute approximate surface area is 125 Å². The van der Waals surface area contributed by atoms with Gasteiger partial charge in [0.25, 0.3) is 0 Å². The second-order valence-corrected chi connectivity index (χ2v) is 6.37. The van der Waals surface area contributed by atoms with E-state index < -0.39 is 11.6 Å². The van der Waals surface area contributed by atoms with E-state index in [9.17, 15) is 8.78 Å². The summed E-state index contributed by atoms with van der Waals surface area (Å²) in [6, 6.07) is 4.40. The third kappa shape index (κ3) is 2.49. The molecule has 1 unspecified atom stereocenters. The maximum absolute atomic E-state index is 14.3. The van der Waals surface area contributed by atoms with Gasteiger partial charge in [-0.2, -0.15) is 0 Å². The van der Waals surface area contributed by atoms with E-state index in [4.69, 9.17) is 0 Å². The molecule has 0 radical (unpaired) electrons. The summed E-state index contributed by atoms with van der Waals surface area (Å²) in [4.78, 5) is 2.52. The molecular weight excluding hydrogens is 270 g/mol. The molecule has 1 atom stereocenters. The topological polar surface area (TPSA) is 15.3 Å². The molecule has 1 saturated heterocycles. The molecule has 1 saturated carbocycles. The van der Waals surface area contributed by atoms with Crippen LogP contribution in [0.25, 0.3) is 0 Å². The molecule has 116 valence electrons. The minimum absolute atomic E-state index is 0.0557. The Balaban J connectivity index is 2.01. The average molecular weight is 294 g/mol. The van der Waals surface area contributed by atoms with Crippen LogP contribution in [0.15, 0.2) is 18.2 Å². The maximum atomic E-state index is 14.3. The number of rotatable bonds is 4. The summed E-state index contributed by atoms with van der Waals surface area (Å²) >= 11 is 0. The molecule has 1 aromatic rings. The summed E-state index contributed by atoms with van der Waals surface area (Å²) in [5.41, 5.74) is 0.422. The van der Waals surface area contributed by atoms with Gasteiger partial charge in [-0.1, -0.05) is 25.0 Å². The Kier molecular flexibility index (Phi) is 4.27. The first-order valence-electron chi connectivity index (χ1n) is 8.05. The van der Waals surface area contributed by atoms with E-state index in [-0.39, 0.29) is 11.6 Å². The molecular formula is C17H24F2N2. The average Bonchev–Trinajstić information content (AvgIpc) is 3.15. The lowest BCUT2D eigenvalue weighted by molar-refractivity contribution is 0.0779. The van der Waals surface area contributed by atoms with Crippen molar-refractivity contribution in [1.82, 2.24) is 10.2 Å². The molecule has 0 spiro atoms. The standard InChI is InChI=1S/C17H24F2N2/c1-20-16(13-7-6-8-14(18)15(13)19)17(9-2-3-10-17)21-11-4-5-12-21/h6-8,16,20H,2-5,9-12H2,1H3. The first-order valence-corrected chi connectivity index (χ1v) is 8.05. The smallest absolute Gasteiger partial charge is 0.163 e. The van der Waals surface area contributed by atoms with Crippen molar-refractivity contribution in [3.63, 3.8) is 0 Å². The van der Waals surface area contributed by atoms with Crippen molar-refractivity contribution < 1.29 is 8.78 Å². The summed E-state index contributed by atoms with van der Waals surface area (Å²) in [6.45, 7) is 2.16. The van der Waals surface area contributed by atoms with Gasteiger partial charge in [-0.05, 0) is 51.9 Å². The Morgan fingerprint density at radius 1 is 1.10 bits per heavy atom. The monoisotopic (exact) mass is 294 g/mol. The van der Waals surface area contributed by atoms with E-state index in [0.717, 1.165) is 25.9 Å². The van der Waals surface area contributed by atoms with E-state index in [1.807, 2.05) is 7.05 Å². The van der Waals surface area contributed by atoms with Gasteiger partial charge in [0, 0.05) is 11.1 Å². The van der Waals surface area contributed by atoms with Gasteiger partial charge in [-0.3, -0.25) is 4.90 Å². The molecule has 0 aromatic heterocycles. The van der Waals surface area contributed by atoms with E-state index in [0.29, 0.717) is 5.56 Å². The van der Waals surface area contributed by atoms with Crippen LogP contribution in [-0.4, -0.2) is 30.6 Å². The summed E-state index contributed by atoms with van der Waals surface area (Å²) in [6.07, 6.45) is 6.90. The van der Waals surface area contributed by atoms with E-state index >= 15 is 0 Å². The van der Waals surface area contributed by atoms with Gasteiger partial charge >= 0.3 is 0 Å². The van der Waals surface area contributed by atoms with E-state index in [1.54, 1.807) is 12.1 Å². The highest BCUT2D eigenvalue weighted by Crippen LogP contribution is 2.46. The number of halogens is 2. The molecule has 2 aliphatic rings. The van der Waals surface area contributed by atoms with Crippen LogP contribution < -0.4 is 5.32 Å². The van der Waals surface area contributed by atoms with Gasteiger partial charge in [-0.25, -0.2) is 8.78 Å². The lowest BCUT2D eigenvalue weighted by atomic mass is 9.81. The molecule has 2 nitrogen and oxygen atoms in total. The second-order valence-electron chi connectivity index (χ2n) is 6.37. The van der Waals surface area contributed by atoms with Crippen LogP contribution >= 0.6 is 0 Å². The number of benzene rings is 1. The summed E-state index contributed by atoms with van der Waals surface area (Å²) in [5.74, 6) is -1.44. The highest BCUT2D eigenvalue weighted by molar-refractivity contribution is 5.27. The molecule has 1 aliphatic carbocycles. The largest absolute Gasteiger partial charge is 0.311 e. The highest BCUT2D eigenvalue weighted by atomic mass is 19.2. The molecule has 0 bridgehead atoms. The summed E-state index contributed by atoms with van der Waals surface area (Å²) in [5, 5.41) is 3.30. The second kappa shape index (κ2) is 6.01. The summed E-state index contributed by atoms with van der Waals surface area (Å²) < 4.78 is 28.0. The zero-order valence-corrected chi connectivity index (χ0v) is 12.7. The van der Waals surface area contributed by atoms with Gasteiger partial charge in [0.15, 0.2) is 11.6 Å². The molecule has 21 heavy (non-hydrogen) atoms. The first kappa shape index (κ1) is 14.9. The molecule has 3 rings (SSSR count). The quantitative estimate of drug-likeness (QED) is 0.912.